The van der Waals surface area contributed by atoms with E-state index < -0.39 is 12.1 Å². The number of rotatable bonds is 6. The third-order valence-corrected chi connectivity index (χ3v) is 4.64. The largest absolute Gasteiger partial charge is 0.493 e. The Bertz CT molecular complexity index is 1340. The Labute approximate surface area is 194 Å². The summed E-state index contributed by atoms with van der Waals surface area (Å²) in [6.07, 6.45) is 1.63. The number of hydrogen-bond acceptors (Lipinski definition) is 8. The minimum Gasteiger partial charge on any atom is -0.493 e. The summed E-state index contributed by atoms with van der Waals surface area (Å²) < 4.78 is 21.6. The zero-order valence-electron chi connectivity index (χ0n) is 18.5. The van der Waals surface area contributed by atoms with Gasteiger partial charge in [-0.25, -0.2) is 9.59 Å². The van der Waals surface area contributed by atoms with Crippen LogP contribution < -0.4 is 30.2 Å². The molecule has 0 bridgehead atoms. The molecule has 34 heavy (non-hydrogen) atoms. The van der Waals surface area contributed by atoms with E-state index >= 15 is 0 Å². The smallest absolute Gasteiger partial charge is 0.328 e. The number of imide groups is 1. The number of methoxy groups -OCH3 is 2. The molecule has 174 valence electrons. The molecule has 0 atom stereocenters. The summed E-state index contributed by atoms with van der Waals surface area (Å²) in [5.74, 6) is 2.96. The monoisotopic (exact) mass is 463 g/mol. The number of nitrogens with one attached hydrogen (secondary N) is 3. The van der Waals surface area contributed by atoms with E-state index in [9.17, 15) is 9.59 Å². The Morgan fingerprint density at radius 3 is 2.26 bits per heavy atom. The van der Waals surface area contributed by atoms with E-state index in [0.29, 0.717) is 40.0 Å². The summed E-state index contributed by atoms with van der Waals surface area (Å²) in [6.45, 7) is 1.68. The Morgan fingerprint density at radius 1 is 0.882 bits per heavy atom. The van der Waals surface area contributed by atoms with E-state index in [4.69, 9.17) is 18.7 Å². The van der Waals surface area contributed by atoms with Crippen molar-refractivity contribution in [2.75, 3.05) is 24.9 Å². The summed E-state index contributed by atoms with van der Waals surface area (Å²) in [5, 5.41) is 11.5. The molecule has 4 amide bonds. The second-order valence-electron chi connectivity index (χ2n) is 7.02. The quantitative estimate of drug-likeness (QED) is 0.374. The number of aromatic nitrogens is 2. The first-order valence-corrected chi connectivity index (χ1v) is 10.1. The van der Waals surface area contributed by atoms with Gasteiger partial charge in [0, 0.05) is 29.4 Å². The maximum atomic E-state index is 12.1. The van der Waals surface area contributed by atoms with Crippen LogP contribution in [0.15, 0.2) is 59.3 Å². The van der Waals surface area contributed by atoms with Crippen molar-refractivity contribution in [3.05, 3.63) is 60.5 Å². The average molecular weight is 463 g/mol. The molecule has 0 radical (unpaired) electrons. The van der Waals surface area contributed by atoms with E-state index in [1.807, 2.05) is 0 Å². The van der Waals surface area contributed by atoms with E-state index in [-0.39, 0.29) is 5.82 Å². The summed E-state index contributed by atoms with van der Waals surface area (Å²) in [6, 6.07) is 12.0. The lowest BCUT2D eigenvalue weighted by Crippen LogP contribution is -2.37. The van der Waals surface area contributed by atoms with Crippen LogP contribution in [-0.4, -0.2) is 36.4 Å². The molecule has 4 rings (SSSR count). The summed E-state index contributed by atoms with van der Waals surface area (Å²) >= 11 is 0. The fraction of sp³-hybridized carbons (Fsp3) is 0.130. The SMILES string of the molecule is COc1cc2nccc(Oc3ccc(NC(=O)NC(=O)Nc4cc(C)on4)cc3)c2cc1OC. The van der Waals surface area contributed by atoms with Gasteiger partial charge in [-0.1, -0.05) is 5.16 Å². The molecule has 0 aliphatic rings. The molecule has 11 nitrogen and oxygen atoms in total. The molecule has 2 aromatic heterocycles. The molecule has 0 fully saturated rings. The number of pyridine rings is 1. The number of amides is 4. The van der Waals surface area contributed by atoms with Gasteiger partial charge in [0.2, 0.25) is 0 Å². The maximum Gasteiger partial charge on any atom is 0.328 e. The maximum absolute atomic E-state index is 12.1. The van der Waals surface area contributed by atoms with Crippen molar-refractivity contribution in [2.45, 2.75) is 6.92 Å². The normalized spacial score (nSPS) is 10.4. The highest BCUT2D eigenvalue weighted by Gasteiger charge is 2.13. The molecule has 0 aliphatic heterocycles. The number of nitrogens with zero attached hydrogens (tertiary/aromatic N) is 2. The lowest BCUT2D eigenvalue weighted by molar-refractivity contribution is 0.240. The van der Waals surface area contributed by atoms with Gasteiger partial charge in [-0.3, -0.25) is 15.6 Å². The average Bonchev–Trinajstić information content (AvgIpc) is 3.23. The number of ether oxygens (including phenoxy) is 3. The molecule has 0 spiro atoms. The van der Waals surface area contributed by atoms with Gasteiger partial charge in [0.15, 0.2) is 17.3 Å². The summed E-state index contributed by atoms with van der Waals surface area (Å²) in [5.41, 5.74) is 1.14. The van der Waals surface area contributed by atoms with Gasteiger partial charge in [0.1, 0.15) is 17.3 Å². The summed E-state index contributed by atoms with van der Waals surface area (Å²) in [4.78, 5) is 28.3. The van der Waals surface area contributed by atoms with Gasteiger partial charge in [0.05, 0.1) is 19.7 Å². The van der Waals surface area contributed by atoms with Crippen LogP contribution in [0.3, 0.4) is 0 Å². The lowest BCUT2D eigenvalue weighted by Gasteiger charge is -2.12. The predicted octanol–water partition coefficient (Wildman–Crippen LogP) is 4.69. The third kappa shape index (κ3) is 5.15. The van der Waals surface area contributed by atoms with Gasteiger partial charge in [-0.15, -0.1) is 0 Å². The van der Waals surface area contributed by atoms with Gasteiger partial charge in [-0.2, -0.15) is 0 Å². The van der Waals surface area contributed by atoms with Crippen LogP contribution in [0, 0.1) is 6.92 Å². The zero-order chi connectivity index (χ0) is 24.1. The number of anilines is 2. The zero-order valence-corrected chi connectivity index (χ0v) is 18.5. The first-order chi connectivity index (χ1) is 16.4. The minimum absolute atomic E-state index is 0.198. The van der Waals surface area contributed by atoms with Gasteiger partial charge in [-0.05, 0) is 43.3 Å². The highest BCUT2D eigenvalue weighted by molar-refractivity contribution is 6.04. The number of benzene rings is 2. The van der Waals surface area contributed by atoms with E-state index in [0.717, 1.165) is 5.39 Å². The lowest BCUT2D eigenvalue weighted by atomic mass is 10.2. The molecule has 11 heteroatoms. The van der Waals surface area contributed by atoms with Crippen molar-refractivity contribution in [1.29, 1.82) is 0 Å². The highest BCUT2D eigenvalue weighted by Crippen LogP contribution is 2.36. The van der Waals surface area contributed by atoms with Crippen LogP contribution in [0.2, 0.25) is 0 Å². The van der Waals surface area contributed by atoms with Crippen molar-refractivity contribution < 1.29 is 28.3 Å². The standard InChI is InChI=1S/C23H21N5O6/c1-13-10-21(28-34-13)26-23(30)27-22(29)25-14-4-6-15(7-5-14)33-18-8-9-24-17-12-20(32-3)19(31-2)11-16(17)18/h4-12H,1-3H3,(H3,25,26,27,28,29,30). The minimum atomic E-state index is -0.748. The van der Waals surface area contributed by atoms with Crippen LogP contribution in [0.25, 0.3) is 10.9 Å². The Kier molecular flexibility index (Phi) is 6.44. The highest BCUT2D eigenvalue weighted by atomic mass is 16.5. The Balaban J connectivity index is 1.40. The fourth-order valence-corrected chi connectivity index (χ4v) is 3.11. The molecule has 0 saturated heterocycles. The molecule has 0 aliphatic carbocycles. The van der Waals surface area contributed by atoms with E-state index in [1.54, 1.807) is 69.8 Å². The van der Waals surface area contributed by atoms with Gasteiger partial charge < -0.3 is 24.1 Å². The van der Waals surface area contributed by atoms with Crippen molar-refractivity contribution in [3.8, 4) is 23.0 Å². The van der Waals surface area contributed by atoms with Gasteiger partial charge >= 0.3 is 12.1 Å². The second kappa shape index (κ2) is 9.77. The number of carbonyl (C=O) groups excluding carboxylic acids is 2. The Morgan fingerprint density at radius 2 is 1.59 bits per heavy atom. The van der Waals surface area contributed by atoms with Crippen LogP contribution >= 0.6 is 0 Å². The molecule has 2 aromatic carbocycles. The number of hydrogen-bond donors (Lipinski definition) is 3. The molecule has 0 unspecified atom stereocenters. The molecular formula is C23H21N5O6. The first-order valence-electron chi connectivity index (χ1n) is 10.1. The number of urea groups is 2. The molecular weight excluding hydrogens is 442 g/mol. The number of carbonyl (C=O) groups is 2. The van der Waals surface area contributed by atoms with Crippen molar-refractivity contribution in [2.24, 2.45) is 0 Å². The molecule has 0 saturated carbocycles. The van der Waals surface area contributed by atoms with Crippen molar-refractivity contribution in [1.82, 2.24) is 15.5 Å². The predicted molar refractivity (Wildman–Crippen MR) is 124 cm³/mol. The van der Waals surface area contributed by atoms with Crippen LogP contribution in [0.5, 0.6) is 23.0 Å². The first kappa shape index (κ1) is 22.4. The Hall–Kier alpha value is -4.80. The third-order valence-electron chi connectivity index (χ3n) is 4.64. The van der Waals surface area contributed by atoms with E-state index in [1.165, 1.54) is 6.07 Å². The van der Waals surface area contributed by atoms with Gasteiger partial charge in [0.25, 0.3) is 0 Å². The van der Waals surface area contributed by atoms with E-state index in [2.05, 4.69) is 26.1 Å². The van der Waals surface area contributed by atoms with Crippen molar-refractivity contribution >= 4 is 34.5 Å². The second-order valence-corrected chi connectivity index (χ2v) is 7.02. The summed E-state index contributed by atoms with van der Waals surface area (Å²) in [7, 11) is 3.12. The number of fused-ring (bicyclic) bond motifs is 1. The molecule has 2 heterocycles. The molecule has 4 aromatic rings. The topological polar surface area (TPSA) is 137 Å². The fourth-order valence-electron chi connectivity index (χ4n) is 3.11. The molecule has 3 N–H and O–H groups in total. The van der Waals surface area contributed by atoms with Crippen LogP contribution in [-0.2, 0) is 0 Å². The van der Waals surface area contributed by atoms with Crippen LogP contribution in [0.4, 0.5) is 21.1 Å². The van der Waals surface area contributed by atoms with Crippen LogP contribution in [0.1, 0.15) is 5.76 Å². The number of aryl methyl sites for hydroxylation is 1. The van der Waals surface area contributed by atoms with Crippen molar-refractivity contribution in [3.63, 3.8) is 0 Å².